The van der Waals surface area contributed by atoms with Gasteiger partial charge in [0.15, 0.2) is 6.07 Å². The first kappa shape index (κ1) is 16.5. The second kappa shape index (κ2) is 6.24. The van der Waals surface area contributed by atoms with E-state index < -0.39 is 29.1 Å². The fourth-order valence-corrected chi connectivity index (χ4v) is 1.64. The predicted molar refractivity (Wildman–Crippen MR) is 75.0 cm³/mol. The van der Waals surface area contributed by atoms with Crippen LogP contribution in [0.15, 0.2) is 30.3 Å². The first-order valence-corrected chi connectivity index (χ1v) is 6.56. The topological polar surface area (TPSA) is 78.6 Å². The lowest BCUT2D eigenvalue weighted by Crippen LogP contribution is -2.55. The van der Waals surface area contributed by atoms with Crippen LogP contribution in [-0.2, 0) is 24.6 Å². The third-order valence-electron chi connectivity index (χ3n) is 2.46. The third-order valence-corrected chi connectivity index (χ3v) is 2.57. The highest BCUT2D eigenvalue weighted by Gasteiger charge is 2.48. The van der Waals surface area contributed by atoms with Crippen LogP contribution in [0.4, 0.5) is 0 Å². The van der Waals surface area contributed by atoms with E-state index in [-0.39, 0.29) is 5.56 Å². The minimum Gasteiger partial charge on any atom is -0.458 e. The molecule has 0 aliphatic carbocycles. The zero-order valence-electron chi connectivity index (χ0n) is 11.7. The number of esters is 2. The van der Waals surface area contributed by atoms with Crippen LogP contribution in [0.1, 0.15) is 26.3 Å². The molecule has 0 heterocycles. The number of carbonyl (C=O) groups is 2. The number of alkyl halides is 1. The maximum atomic E-state index is 12.3. The number of nitrogens with two attached hydrogens (primary N) is 1. The molecule has 0 aromatic heterocycles. The molecule has 0 saturated carbocycles. The summed E-state index contributed by atoms with van der Waals surface area (Å²) in [6, 6.07) is 7.78. The lowest BCUT2D eigenvalue weighted by atomic mass is 9.91. The van der Waals surface area contributed by atoms with Gasteiger partial charge in [0.2, 0.25) is 5.54 Å². The monoisotopic (exact) mass is 299 g/mol. The van der Waals surface area contributed by atoms with Crippen molar-refractivity contribution in [1.82, 2.24) is 0 Å². The third kappa shape index (κ3) is 3.71. The molecule has 0 aliphatic heterocycles. The van der Waals surface area contributed by atoms with E-state index in [1.54, 1.807) is 51.1 Å². The van der Waals surface area contributed by atoms with Crippen LogP contribution in [0.2, 0.25) is 0 Å². The van der Waals surface area contributed by atoms with E-state index in [2.05, 4.69) is 0 Å². The number of rotatable bonds is 4. The number of benzene rings is 1. The fraction of sp³-hybridized carbons (Fsp3) is 0.429. The first-order valence-electron chi connectivity index (χ1n) is 6.03. The minimum atomic E-state index is -2.04. The summed E-state index contributed by atoms with van der Waals surface area (Å²) in [5, 5.41) is 0. The van der Waals surface area contributed by atoms with Crippen LogP contribution in [-0.4, -0.2) is 23.6 Å². The van der Waals surface area contributed by atoms with Gasteiger partial charge in [0.05, 0.1) is 0 Å². The van der Waals surface area contributed by atoms with Gasteiger partial charge in [0.25, 0.3) is 0 Å². The van der Waals surface area contributed by atoms with Gasteiger partial charge in [-0.25, -0.2) is 9.59 Å². The van der Waals surface area contributed by atoms with Crippen LogP contribution < -0.4 is 5.73 Å². The number of hydrogen-bond donors (Lipinski definition) is 1. The summed E-state index contributed by atoms with van der Waals surface area (Å²) in [6.45, 7) is 5.05. The molecule has 1 atom stereocenters. The highest BCUT2D eigenvalue weighted by atomic mass is 35.5. The van der Waals surface area contributed by atoms with E-state index in [1.165, 1.54) is 0 Å². The molecule has 1 aromatic carbocycles. The maximum Gasteiger partial charge on any atom is 0.343 e. The molecule has 1 aromatic rings. The van der Waals surface area contributed by atoms with E-state index in [9.17, 15) is 9.59 Å². The molecule has 0 amide bonds. The minimum absolute atomic E-state index is 0.282. The zero-order chi connectivity index (χ0) is 15.4. The van der Waals surface area contributed by atoms with Crippen molar-refractivity contribution in [3.8, 4) is 0 Å². The van der Waals surface area contributed by atoms with Crippen LogP contribution in [0.25, 0.3) is 0 Å². The molecule has 0 aliphatic rings. The molecule has 0 fully saturated rings. The smallest absolute Gasteiger partial charge is 0.343 e. The summed E-state index contributed by atoms with van der Waals surface area (Å²) in [5.74, 6) is -1.83. The first-order chi connectivity index (χ1) is 9.21. The summed E-state index contributed by atoms with van der Waals surface area (Å²) >= 11 is 5.38. The largest absolute Gasteiger partial charge is 0.458 e. The normalized spacial score (nSPS) is 14.2. The Hall–Kier alpha value is -1.59. The van der Waals surface area contributed by atoms with Gasteiger partial charge in [-0.05, 0) is 26.3 Å². The molecule has 6 heteroatoms. The van der Waals surface area contributed by atoms with Crippen molar-refractivity contribution in [3.05, 3.63) is 35.9 Å². The Bertz CT molecular complexity index is 484. The number of ether oxygens (including phenoxy) is 2. The molecule has 0 spiro atoms. The van der Waals surface area contributed by atoms with Crippen LogP contribution in [0.5, 0.6) is 0 Å². The van der Waals surface area contributed by atoms with E-state index >= 15 is 0 Å². The summed E-state index contributed by atoms with van der Waals surface area (Å²) in [7, 11) is 0. The molecule has 20 heavy (non-hydrogen) atoms. The Labute approximate surface area is 123 Å². The second-order valence-electron chi connectivity index (χ2n) is 5.22. The Morgan fingerprint density at radius 1 is 1.15 bits per heavy atom. The number of hydrogen-bond acceptors (Lipinski definition) is 5. The number of carbonyl (C=O) groups excluding carboxylic acids is 2. The van der Waals surface area contributed by atoms with Crippen molar-refractivity contribution in [1.29, 1.82) is 0 Å². The molecule has 110 valence electrons. The van der Waals surface area contributed by atoms with E-state index in [0.717, 1.165) is 0 Å². The van der Waals surface area contributed by atoms with Gasteiger partial charge in [-0.15, -0.1) is 0 Å². The lowest BCUT2D eigenvalue weighted by Gasteiger charge is -2.29. The summed E-state index contributed by atoms with van der Waals surface area (Å²) in [5.41, 5.74) is 3.46. The van der Waals surface area contributed by atoms with Crippen molar-refractivity contribution in [2.75, 3.05) is 6.07 Å². The highest BCUT2D eigenvalue weighted by molar-refractivity contribution is 6.18. The maximum absolute atomic E-state index is 12.3. The molecule has 0 bridgehead atoms. The Morgan fingerprint density at radius 2 is 1.70 bits per heavy atom. The second-order valence-corrected chi connectivity index (χ2v) is 5.44. The standard InChI is InChI=1S/C14H18ClNO4/c1-13(2,3)20-12(18)14(16,11(17)19-9-15)10-7-5-4-6-8-10/h4-8H,9,16H2,1-3H3. The van der Waals surface area contributed by atoms with Crippen molar-refractivity contribution >= 4 is 23.5 Å². The van der Waals surface area contributed by atoms with E-state index in [4.69, 9.17) is 26.8 Å². The van der Waals surface area contributed by atoms with Crippen molar-refractivity contribution in [3.63, 3.8) is 0 Å². The quantitative estimate of drug-likeness (QED) is 0.522. The average Bonchev–Trinajstić information content (AvgIpc) is 2.37. The van der Waals surface area contributed by atoms with Gasteiger partial charge < -0.3 is 15.2 Å². The SMILES string of the molecule is CC(C)(C)OC(=O)C(N)(C(=O)OCCl)c1ccccc1. The fourth-order valence-electron chi connectivity index (χ4n) is 1.54. The van der Waals surface area contributed by atoms with Crippen LogP contribution >= 0.6 is 11.6 Å². The Balaban J connectivity index is 3.21. The zero-order valence-corrected chi connectivity index (χ0v) is 12.4. The average molecular weight is 300 g/mol. The Morgan fingerprint density at radius 3 is 2.15 bits per heavy atom. The van der Waals surface area contributed by atoms with Gasteiger partial charge in [-0.3, -0.25) is 0 Å². The van der Waals surface area contributed by atoms with Gasteiger partial charge in [0, 0.05) is 0 Å². The summed E-state index contributed by atoms with van der Waals surface area (Å²) < 4.78 is 9.91. The van der Waals surface area contributed by atoms with Gasteiger partial charge in [-0.1, -0.05) is 41.9 Å². The Kier molecular flexibility index (Phi) is 5.14. The van der Waals surface area contributed by atoms with Gasteiger partial charge in [-0.2, -0.15) is 0 Å². The molecule has 0 radical (unpaired) electrons. The lowest BCUT2D eigenvalue weighted by molar-refractivity contribution is -0.171. The van der Waals surface area contributed by atoms with Crippen LogP contribution in [0.3, 0.4) is 0 Å². The summed E-state index contributed by atoms with van der Waals surface area (Å²) in [6.07, 6.45) is 0. The molecular formula is C14H18ClNO4. The predicted octanol–water partition coefficient (Wildman–Crippen LogP) is 1.92. The molecule has 1 unspecified atom stereocenters. The molecule has 5 nitrogen and oxygen atoms in total. The van der Waals surface area contributed by atoms with Gasteiger partial charge in [0.1, 0.15) is 5.60 Å². The number of halogens is 1. The van der Waals surface area contributed by atoms with Crippen LogP contribution in [0, 0.1) is 0 Å². The molecule has 0 saturated heterocycles. The molecule has 2 N–H and O–H groups in total. The molecule has 1 rings (SSSR count). The van der Waals surface area contributed by atoms with Crippen molar-refractivity contribution in [2.24, 2.45) is 5.73 Å². The van der Waals surface area contributed by atoms with Gasteiger partial charge >= 0.3 is 11.9 Å². The van der Waals surface area contributed by atoms with Crippen molar-refractivity contribution in [2.45, 2.75) is 31.9 Å². The van der Waals surface area contributed by atoms with Crippen molar-refractivity contribution < 1.29 is 19.1 Å². The van der Waals surface area contributed by atoms with E-state index in [0.29, 0.717) is 0 Å². The van der Waals surface area contributed by atoms with E-state index in [1.807, 2.05) is 0 Å². The summed E-state index contributed by atoms with van der Waals surface area (Å²) in [4.78, 5) is 24.4. The highest BCUT2D eigenvalue weighted by Crippen LogP contribution is 2.24. The molecular weight excluding hydrogens is 282 g/mol.